The molecule has 0 saturated carbocycles. The highest BCUT2D eigenvalue weighted by atomic mass is 16.5. The van der Waals surface area contributed by atoms with E-state index >= 15 is 0 Å². The maximum Gasteiger partial charge on any atom is 0.260 e. The van der Waals surface area contributed by atoms with Crippen LogP contribution in [0.3, 0.4) is 0 Å². The third kappa shape index (κ3) is 8.82. The van der Waals surface area contributed by atoms with Crippen molar-refractivity contribution in [3.8, 4) is 23.5 Å². The molecule has 0 N–H and O–H groups in total. The van der Waals surface area contributed by atoms with Crippen LogP contribution in [0.1, 0.15) is 52.4 Å². The van der Waals surface area contributed by atoms with Crippen molar-refractivity contribution in [3.05, 3.63) is 155 Å². The molecule has 0 radical (unpaired) electrons. The topological polar surface area (TPSA) is 77.0 Å². The molecule has 3 heterocycles. The smallest absolute Gasteiger partial charge is 0.260 e. The molecular formula is C43H42N4O4. The summed E-state index contributed by atoms with van der Waals surface area (Å²) in [5, 5.41) is 0. The Balaban J connectivity index is 1.02. The molecule has 2 saturated heterocycles. The molecular weight excluding hydrogens is 636 g/mol. The number of likely N-dealkylation sites (tertiary alicyclic amines) is 1. The lowest BCUT2D eigenvalue weighted by atomic mass is 9.81. The van der Waals surface area contributed by atoms with Crippen molar-refractivity contribution in [1.82, 2.24) is 19.8 Å². The Hall–Kier alpha value is -5.49. The van der Waals surface area contributed by atoms with Gasteiger partial charge in [0.25, 0.3) is 5.88 Å². The van der Waals surface area contributed by atoms with Gasteiger partial charge in [-0.25, -0.2) is 4.98 Å². The van der Waals surface area contributed by atoms with Gasteiger partial charge in [-0.05, 0) is 46.5 Å². The molecule has 5 aromatic rings. The lowest BCUT2D eigenvalue weighted by Gasteiger charge is -2.26. The van der Waals surface area contributed by atoms with Crippen LogP contribution in [0, 0.1) is 11.8 Å². The Morgan fingerprint density at radius 3 is 1.98 bits per heavy atom. The Bertz CT molecular complexity index is 1970. The summed E-state index contributed by atoms with van der Waals surface area (Å²) in [5.41, 5.74) is 6.59. The average molecular weight is 679 g/mol. The van der Waals surface area contributed by atoms with E-state index in [1.54, 1.807) is 0 Å². The van der Waals surface area contributed by atoms with Crippen LogP contribution >= 0.6 is 0 Å². The van der Waals surface area contributed by atoms with E-state index in [2.05, 4.69) is 70.0 Å². The summed E-state index contributed by atoms with van der Waals surface area (Å²) >= 11 is 0. The van der Waals surface area contributed by atoms with Crippen LogP contribution < -0.4 is 9.47 Å². The number of carbonyl (C=O) groups is 1. The second-order valence-corrected chi connectivity index (χ2v) is 13.4. The Kier molecular flexibility index (Phi) is 10.7. The second-order valence-electron chi connectivity index (χ2n) is 13.4. The number of rotatable bonds is 11. The minimum absolute atomic E-state index is 0.0674. The Morgan fingerprint density at radius 2 is 1.33 bits per heavy atom. The summed E-state index contributed by atoms with van der Waals surface area (Å²) in [4.78, 5) is 26.8. The number of nitrogens with zero attached hydrogens (tertiary/aromatic N) is 4. The quantitative estimate of drug-likeness (QED) is 0.147. The van der Waals surface area contributed by atoms with Crippen LogP contribution in [0.15, 0.2) is 116 Å². The minimum Gasteiger partial charge on any atom is -0.482 e. The summed E-state index contributed by atoms with van der Waals surface area (Å²) in [6, 6.07) is 36.6. The van der Waals surface area contributed by atoms with Crippen molar-refractivity contribution in [2.24, 2.45) is 0 Å². The van der Waals surface area contributed by atoms with Crippen molar-refractivity contribution < 1.29 is 19.0 Å². The molecule has 2 fully saturated rings. The van der Waals surface area contributed by atoms with Gasteiger partial charge >= 0.3 is 0 Å². The summed E-state index contributed by atoms with van der Waals surface area (Å²) < 4.78 is 17.9. The number of ether oxygens (including phenoxy) is 3. The first kappa shape index (κ1) is 34.0. The van der Waals surface area contributed by atoms with Crippen LogP contribution in [0.25, 0.3) is 0 Å². The number of morpholine rings is 1. The highest BCUT2D eigenvalue weighted by molar-refractivity contribution is 5.81. The van der Waals surface area contributed by atoms with E-state index in [1.165, 1.54) is 11.9 Å². The third-order valence-electron chi connectivity index (χ3n) is 9.46. The molecule has 1 aromatic heterocycles. The van der Waals surface area contributed by atoms with E-state index in [-0.39, 0.29) is 17.9 Å². The molecule has 258 valence electrons. The van der Waals surface area contributed by atoms with E-state index in [0.717, 1.165) is 60.7 Å². The van der Waals surface area contributed by atoms with Gasteiger partial charge in [0, 0.05) is 49.1 Å². The highest BCUT2D eigenvalue weighted by Gasteiger charge is 2.41. The Morgan fingerprint density at radius 1 is 0.725 bits per heavy atom. The van der Waals surface area contributed by atoms with E-state index in [9.17, 15) is 4.79 Å². The lowest BCUT2D eigenvalue weighted by molar-refractivity contribution is -0.128. The zero-order valence-corrected chi connectivity index (χ0v) is 29.0. The monoisotopic (exact) mass is 678 g/mol. The normalized spacial score (nSPS) is 17.5. The number of amides is 1. The molecule has 1 amide bonds. The molecule has 8 nitrogen and oxygen atoms in total. The van der Waals surface area contributed by atoms with E-state index in [4.69, 9.17) is 14.2 Å². The largest absolute Gasteiger partial charge is 0.482 e. The van der Waals surface area contributed by atoms with Gasteiger partial charge in [0.05, 0.1) is 19.8 Å². The fourth-order valence-electron chi connectivity index (χ4n) is 6.55. The van der Waals surface area contributed by atoms with Gasteiger partial charge in [-0.2, -0.15) is 4.98 Å². The first-order valence-electron chi connectivity index (χ1n) is 17.5. The maximum absolute atomic E-state index is 13.5. The van der Waals surface area contributed by atoms with Crippen molar-refractivity contribution in [2.75, 3.05) is 32.8 Å². The van der Waals surface area contributed by atoms with Gasteiger partial charge < -0.3 is 19.1 Å². The zero-order valence-electron chi connectivity index (χ0n) is 29.0. The molecule has 0 aliphatic carbocycles. The second kappa shape index (κ2) is 16.0. The van der Waals surface area contributed by atoms with Gasteiger partial charge in [0.2, 0.25) is 11.7 Å². The van der Waals surface area contributed by atoms with Crippen molar-refractivity contribution >= 4 is 5.91 Å². The fraction of sp³-hybridized carbons (Fsp3) is 0.279. The number of hydrogen-bond acceptors (Lipinski definition) is 7. The van der Waals surface area contributed by atoms with Gasteiger partial charge in [0.1, 0.15) is 25.2 Å². The third-order valence-corrected chi connectivity index (χ3v) is 9.46. The number of benzene rings is 4. The molecule has 51 heavy (non-hydrogen) atoms. The standard InChI is InChI=1S/C43H42N4O4/c1-43(38-20-18-34(19-21-38)13-12-33-14-16-35(17-15-33)27-46-22-24-49-25-23-46)26-40(48)47(31-43)28-39-41(50-29-36-8-4-2-5-9-36)42(45-32-44-39)51-30-37-10-6-3-7-11-37/h2-11,14-21,32H,22-31H2,1H3. The number of carbonyl (C=O) groups excluding carboxylic acids is 1. The SMILES string of the molecule is CC1(c2ccc(C#Cc3ccc(CN4CCOCC4)cc3)cc2)CC(=O)N(Cc2ncnc(OCc3ccccc3)c2OCc2ccccc2)C1. The van der Waals surface area contributed by atoms with Gasteiger partial charge in [0.15, 0.2) is 0 Å². The predicted octanol–water partition coefficient (Wildman–Crippen LogP) is 6.56. The first-order valence-corrected chi connectivity index (χ1v) is 17.5. The van der Waals surface area contributed by atoms with Gasteiger partial charge in [-0.1, -0.05) is 104 Å². The predicted molar refractivity (Wildman–Crippen MR) is 196 cm³/mol. The van der Waals surface area contributed by atoms with Crippen molar-refractivity contribution in [3.63, 3.8) is 0 Å². The van der Waals surface area contributed by atoms with E-state index in [0.29, 0.717) is 43.5 Å². The summed E-state index contributed by atoms with van der Waals surface area (Å²) in [6.45, 7) is 8.13. The van der Waals surface area contributed by atoms with E-state index in [1.807, 2.05) is 77.7 Å². The number of aromatic nitrogens is 2. The number of hydrogen-bond donors (Lipinski definition) is 0. The van der Waals surface area contributed by atoms with Crippen molar-refractivity contribution in [2.45, 2.75) is 45.1 Å². The summed E-state index contributed by atoms with van der Waals surface area (Å²) in [6.07, 6.45) is 1.88. The van der Waals surface area contributed by atoms with Gasteiger partial charge in [-0.3, -0.25) is 9.69 Å². The van der Waals surface area contributed by atoms with Crippen molar-refractivity contribution in [1.29, 1.82) is 0 Å². The highest BCUT2D eigenvalue weighted by Crippen LogP contribution is 2.37. The van der Waals surface area contributed by atoms with Crippen LogP contribution in [0.4, 0.5) is 0 Å². The average Bonchev–Trinajstić information content (AvgIpc) is 3.47. The molecule has 8 heteroatoms. The lowest BCUT2D eigenvalue weighted by Crippen LogP contribution is -2.35. The molecule has 7 rings (SSSR count). The first-order chi connectivity index (χ1) is 25.0. The minimum atomic E-state index is -0.357. The van der Waals surface area contributed by atoms with Gasteiger partial charge in [-0.15, -0.1) is 0 Å². The maximum atomic E-state index is 13.5. The van der Waals surface area contributed by atoms with Crippen LogP contribution in [-0.2, 0) is 41.2 Å². The Labute approximate surface area is 300 Å². The molecule has 4 aromatic carbocycles. The molecule has 2 aliphatic rings. The molecule has 0 spiro atoms. The zero-order chi connectivity index (χ0) is 34.9. The molecule has 1 atom stereocenters. The summed E-state index contributed by atoms with van der Waals surface area (Å²) in [7, 11) is 0. The summed E-state index contributed by atoms with van der Waals surface area (Å²) in [5.74, 6) is 7.48. The van der Waals surface area contributed by atoms with Crippen LogP contribution in [0.5, 0.6) is 11.6 Å². The fourth-order valence-corrected chi connectivity index (χ4v) is 6.55. The molecule has 1 unspecified atom stereocenters. The molecule has 0 bridgehead atoms. The molecule has 2 aliphatic heterocycles. The van der Waals surface area contributed by atoms with E-state index < -0.39 is 0 Å². The van der Waals surface area contributed by atoms with Crippen LogP contribution in [0.2, 0.25) is 0 Å². The van der Waals surface area contributed by atoms with Crippen LogP contribution in [-0.4, -0.2) is 58.5 Å².